The fourth-order valence-corrected chi connectivity index (χ4v) is 5.22. The Morgan fingerprint density at radius 2 is 2.19 bits per heavy atom. The second-order valence-electron chi connectivity index (χ2n) is 7.02. The van der Waals surface area contributed by atoms with E-state index in [-0.39, 0.29) is 5.75 Å². The number of ketones is 1. The summed E-state index contributed by atoms with van der Waals surface area (Å²) in [5.74, 6) is -0.205. The number of hydrogen-bond donors (Lipinski definition) is 2. The molecule has 3 atom stereocenters. The summed E-state index contributed by atoms with van der Waals surface area (Å²) in [7, 11) is 2.14. The van der Waals surface area contributed by atoms with Crippen LogP contribution in [0, 0.1) is 5.92 Å². The monoisotopic (exact) mass is 376 g/mol. The van der Waals surface area contributed by atoms with Gasteiger partial charge >= 0.3 is 5.97 Å². The number of likely N-dealkylation sites (tertiary alicyclic amines) is 1. The molecule has 3 rings (SSSR count). The standard InChI is InChI=1S/C19H24N2O4S/c1-21-9-12(10-26-11-18(22)19(23)25-24)6-16-15-5-3-2-4-14(15)13(8-20)7-17(16)21/h2-5,8,12,16-17,24H,6-7,9-11,20H2,1H3/b13-8-. The molecule has 1 saturated heterocycles. The summed E-state index contributed by atoms with van der Waals surface area (Å²) in [6.07, 6.45) is 3.74. The van der Waals surface area contributed by atoms with Gasteiger partial charge in [-0.1, -0.05) is 24.3 Å². The zero-order chi connectivity index (χ0) is 18.7. The molecular weight excluding hydrogens is 352 g/mol. The van der Waals surface area contributed by atoms with Crippen molar-refractivity contribution in [3.63, 3.8) is 0 Å². The highest BCUT2D eigenvalue weighted by Crippen LogP contribution is 2.46. The van der Waals surface area contributed by atoms with E-state index in [1.165, 1.54) is 28.5 Å². The van der Waals surface area contributed by atoms with Crippen LogP contribution in [0.3, 0.4) is 0 Å². The lowest BCUT2D eigenvalue weighted by molar-refractivity contribution is -0.231. The van der Waals surface area contributed by atoms with E-state index in [0.717, 1.165) is 25.1 Å². The zero-order valence-electron chi connectivity index (χ0n) is 14.8. The first-order valence-electron chi connectivity index (χ1n) is 8.71. The van der Waals surface area contributed by atoms with Gasteiger partial charge in [-0.05, 0) is 54.5 Å². The van der Waals surface area contributed by atoms with Crippen LogP contribution in [0.1, 0.15) is 29.9 Å². The Kier molecular flexibility index (Phi) is 6.01. The highest BCUT2D eigenvalue weighted by atomic mass is 32.2. The molecule has 6 nitrogen and oxygen atoms in total. The van der Waals surface area contributed by atoms with Gasteiger partial charge in [-0.2, -0.15) is 17.0 Å². The summed E-state index contributed by atoms with van der Waals surface area (Å²) < 4.78 is 0. The lowest BCUT2D eigenvalue weighted by atomic mass is 9.70. The second kappa shape index (κ2) is 8.24. The minimum Gasteiger partial charge on any atom is -0.404 e. The SMILES string of the molecule is CN1CC(CSCC(=O)C(=O)OO)CC2c3ccccc3/C(=C\N)CC21. The topological polar surface area (TPSA) is 92.9 Å². The van der Waals surface area contributed by atoms with E-state index < -0.39 is 11.8 Å². The molecule has 1 aliphatic carbocycles. The van der Waals surface area contributed by atoms with Crippen LogP contribution in [0.15, 0.2) is 30.5 Å². The van der Waals surface area contributed by atoms with Crippen molar-refractivity contribution >= 4 is 29.1 Å². The molecule has 7 heteroatoms. The molecule has 140 valence electrons. The Morgan fingerprint density at radius 1 is 1.42 bits per heavy atom. The summed E-state index contributed by atoms with van der Waals surface area (Å²) in [5, 5.41) is 8.25. The summed E-state index contributed by atoms with van der Waals surface area (Å²) in [6.45, 7) is 0.951. The van der Waals surface area contributed by atoms with Crippen LogP contribution in [0.4, 0.5) is 0 Å². The lowest BCUT2D eigenvalue weighted by Crippen LogP contribution is -2.47. The smallest absolute Gasteiger partial charge is 0.404 e. The summed E-state index contributed by atoms with van der Waals surface area (Å²) in [6, 6.07) is 8.90. The van der Waals surface area contributed by atoms with Crippen molar-refractivity contribution in [1.82, 2.24) is 4.90 Å². The van der Waals surface area contributed by atoms with Crippen molar-refractivity contribution in [1.29, 1.82) is 0 Å². The van der Waals surface area contributed by atoms with E-state index in [2.05, 4.69) is 35.0 Å². The normalized spacial score (nSPS) is 26.8. The van der Waals surface area contributed by atoms with Crippen molar-refractivity contribution in [3.8, 4) is 0 Å². The van der Waals surface area contributed by atoms with Crippen molar-refractivity contribution in [2.45, 2.75) is 24.8 Å². The average Bonchev–Trinajstić information content (AvgIpc) is 2.66. The Labute approximate surface area is 157 Å². The molecule has 0 amide bonds. The Bertz CT molecular complexity index is 721. The number of rotatable bonds is 5. The van der Waals surface area contributed by atoms with Gasteiger partial charge in [0.1, 0.15) is 0 Å². The third-order valence-electron chi connectivity index (χ3n) is 5.40. The van der Waals surface area contributed by atoms with Gasteiger partial charge in [0, 0.05) is 18.5 Å². The zero-order valence-corrected chi connectivity index (χ0v) is 15.6. The molecule has 1 fully saturated rings. The molecule has 3 unspecified atom stereocenters. The van der Waals surface area contributed by atoms with Crippen LogP contribution in [0.25, 0.3) is 5.57 Å². The maximum atomic E-state index is 11.5. The van der Waals surface area contributed by atoms with E-state index in [1.807, 2.05) is 6.07 Å². The van der Waals surface area contributed by atoms with Crippen molar-refractivity contribution in [2.24, 2.45) is 11.7 Å². The van der Waals surface area contributed by atoms with Crippen LogP contribution < -0.4 is 5.73 Å². The molecule has 1 aliphatic heterocycles. The van der Waals surface area contributed by atoms with Crippen LogP contribution in [-0.2, 0) is 14.5 Å². The molecule has 1 aromatic rings. The van der Waals surface area contributed by atoms with E-state index in [4.69, 9.17) is 11.0 Å². The molecule has 0 spiro atoms. The van der Waals surface area contributed by atoms with Gasteiger partial charge in [-0.3, -0.25) is 9.68 Å². The van der Waals surface area contributed by atoms with E-state index >= 15 is 0 Å². The number of nitrogens with zero attached hydrogens (tertiary/aromatic N) is 1. The molecule has 0 aromatic heterocycles. The van der Waals surface area contributed by atoms with Crippen molar-refractivity contribution in [2.75, 3.05) is 25.1 Å². The van der Waals surface area contributed by atoms with Gasteiger partial charge in [0.2, 0.25) is 0 Å². The summed E-state index contributed by atoms with van der Waals surface area (Å²) in [4.78, 5) is 28.3. The molecule has 2 aliphatic rings. The van der Waals surface area contributed by atoms with E-state index in [1.54, 1.807) is 6.20 Å². The molecule has 1 heterocycles. The third kappa shape index (κ3) is 3.79. The number of carbonyl (C=O) groups is 2. The van der Waals surface area contributed by atoms with Crippen molar-refractivity contribution < 1.29 is 19.7 Å². The molecule has 1 aromatic carbocycles. The Hall–Kier alpha value is -1.83. The number of fused-ring (bicyclic) bond motifs is 3. The lowest BCUT2D eigenvalue weighted by Gasteiger charge is -2.47. The molecule has 0 bridgehead atoms. The maximum Gasteiger partial charge on any atom is 0.408 e. The number of Topliss-reactive ketones (excluding diaryl/α,β-unsaturated/α-hetero) is 1. The second-order valence-corrected chi connectivity index (χ2v) is 8.05. The number of piperidine rings is 1. The predicted molar refractivity (Wildman–Crippen MR) is 102 cm³/mol. The van der Waals surface area contributed by atoms with Crippen molar-refractivity contribution in [3.05, 3.63) is 41.6 Å². The van der Waals surface area contributed by atoms with E-state index in [9.17, 15) is 9.59 Å². The first-order chi connectivity index (χ1) is 12.5. The number of thioether (sulfide) groups is 1. The van der Waals surface area contributed by atoms with E-state index in [0.29, 0.717) is 17.9 Å². The number of nitrogens with two attached hydrogens (primary N) is 1. The average molecular weight is 376 g/mol. The number of hydrogen-bond acceptors (Lipinski definition) is 7. The maximum absolute atomic E-state index is 11.5. The number of benzene rings is 1. The van der Waals surface area contributed by atoms with Crippen LogP contribution in [0.5, 0.6) is 0 Å². The quantitative estimate of drug-likeness (QED) is 0.462. The van der Waals surface area contributed by atoms with Gasteiger partial charge in [-0.15, -0.1) is 0 Å². The highest BCUT2D eigenvalue weighted by molar-refractivity contribution is 8.00. The fraction of sp³-hybridized carbons (Fsp3) is 0.474. The van der Waals surface area contributed by atoms with Gasteiger partial charge in [-0.25, -0.2) is 4.79 Å². The predicted octanol–water partition coefficient (Wildman–Crippen LogP) is 2.11. The summed E-state index contributed by atoms with van der Waals surface area (Å²) >= 11 is 1.42. The molecular formula is C19H24N2O4S. The number of carbonyl (C=O) groups excluding carboxylic acids is 2. The van der Waals surface area contributed by atoms with Gasteiger partial charge in [0.25, 0.3) is 5.78 Å². The van der Waals surface area contributed by atoms with Gasteiger partial charge in [0.05, 0.1) is 5.75 Å². The molecule has 26 heavy (non-hydrogen) atoms. The molecule has 3 N–H and O–H groups in total. The third-order valence-corrected chi connectivity index (χ3v) is 6.57. The van der Waals surface area contributed by atoms with Crippen LogP contribution >= 0.6 is 11.8 Å². The first-order valence-corrected chi connectivity index (χ1v) is 9.87. The first kappa shape index (κ1) is 18.9. The molecule has 0 saturated carbocycles. The summed E-state index contributed by atoms with van der Waals surface area (Å²) in [5.41, 5.74) is 9.67. The Balaban J connectivity index is 1.68. The molecule has 0 radical (unpaired) electrons. The Morgan fingerprint density at radius 3 is 2.92 bits per heavy atom. The minimum absolute atomic E-state index is 0.0321. The van der Waals surface area contributed by atoms with Crippen LogP contribution in [0.2, 0.25) is 0 Å². The van der Waals surface area contributed by atoms with Gasteiger partial charge in [0.15, 0.2) is 0 Å². The van der Waals surface area contributed by atoms with Gasteiger partial charge < -0.3 is 10.6 Å². The highest BCUT2D eigenvalue weighted by Gasteiger charge is 2.39. The minimum atomic E-state index is -1.19. The fourth-order valence-electron chi connectivity index (χ4n) is 4.23. The number of likely N-dealkylation sites (N-methyl/N-ethyl adjacent to an activating group) is 1. The largest absolute Gasteiger partial charge is 0.408 e. The van der Waals surface area contributed by atoms with Crippen LogP contribution in [-0.4, -0.2) is 53.0 Å².